The highest BCUT2D eigenvalue weighted by Gasteiger charge is 2.28. The third-order valence-corrected chi connectivity index (χ3v) is 4.47. The molecule has 1 aliphatic rings. The molecule has 1 aliphatic carbocycles. The monoisotopic (exact) mass is 281 g/mol. The summed E-state index contributed by atoms with van der Waals surface area (Å²) >= 11 is 1.39. The summed E-state index contributed by atoms with van der Waals surface area (Å²) in [6.07, 6.45) is 6.23. The van der Waals surface area contributed by atoms with E-state index in [1.165, 1.54) is 43.4 Å². The van der Waals surface area contributed by atoms with Gasteiger partial charge in [0.25, 0.3) is 0 Å². The van der Waals surface area contributed by atoms with E-state index in [1.54, 1.807) is 0 Å². The van der Waals surface area contributed by atoms with E-state index in [4.69, 9.17) is 5.73 Å². The molecule has 0 aliphatic heterocycles. The zero-order chi connectivity index (χ0) is 14.0. The van der Waals surface area contributed by atoms with Gasteiger partial charge in [-0.05, 0) is 12.8 Å². The number of carbonyl (C=O) groups excluding carboxylic acids is 1. The van der Waals surface area contributed by atoms with Crippen molar-refractivity contribution >= 4 is 28.1 Å². The van der Waals surface area contributed by atoms with Crippen LogP contribution < -0.4 is 11.1 Å². The molecular formula is C14H23N3OS. The third kappa shape index (κ3) is 3.47. The fraction of sp³-hybridized carbons (Fsp3) is 0.714. The summed E-state index contributed by atoms with van der Waals surface area (Å²) in [5.74, 6) is 0.433. The molecule has 2 rings (SSSR count). The van der Waals surface area contributed by atoms with Crippen LogP contribution in [-0.2, 0) is 0 Å². The summed E-state index contributed by atoms with van der Waals surface area (Å²) in [7, 11) is 0. The van der Waals surface area contributed by atoms with Gasteiger partial charge < -0.3 is 11.1 Å². The molecule has 0 atom stereocenters. The van der Waals surface area contributed by atoms with Gasteiger partial charge in [0.1, 0.15) is 10.7 Å². The zero-order valence-electron chi connectivity index (χ0n) is 12.0. The predicted octanol–water partition coefficient (Wildman–Crippen LogP) is 3.70. The second-order valence-electron chi connectivity index (χ2n) is 6.29. The van der Waals surface area contributed by atoms with Crippen LogP contribution in [0.15, 0.2) is 0 Å². The number of hydrogen-bond donors (Lipinski definition) is 2. The number of ketones is 1. The van der Waals surface area contributed by atoms with Gasteiger partial charge in [0.05, 0.1) is 0 Å². The molecule has 0 aromatic carbocycles. The van der Waals surface area contributed by atoms with E-state index in [9.17, 15) is 4.79 Å². The van der Waals surface area contributed by atoms with Crippen LogP contribution in [0.2, 0.25) is 0 Å². The quantitative estimate of drug-likeness (QED) is 0.829. The number of carbonyl (C=O) groups is 1. The molecule has 1 aromatic heterocycles. The smallest absolute Gasteiger partial charge is 0.185 e. The number of nitrogen functional groups attached to an aromatic ring is 1. The standard InChI is InChI=1S/C14H23N3OS/c1-14(2,3)11(18)10-12(15)17-13(19-10)16-9-7-5-4-6-8-9/h9H,4-8,15H2,1-3H3,(H,16,17). The maximum atomic E-state index is 12.3. The molecule has 4 nitrogen and oxygen atoms in total. The molecular weight excluding hydrogens is 258 g/mol. The molecule has 1 aromatic rings. The lowest BCUT2D eigenvalue weighted by Crippen LogP contribution is -2.22. The Kier molecular flexibility index (Phi) is 4.13. The number of nitrogens with two attached hydrogens (primary N) is 1. The van der Waals surface area contributed by atoms with Crippen molar-refractivity contribution in [3.63, 3.8) is 0 Å². The molecule has 0 saturated heterocycles. The summed E-state index contributed by atoms with van der Waals surface area (Å²) in [6, 6.07) is 0.483. The first-order chi connectivity index (χ1) is 8.88. The number of aromatic nitrogens is 1. The number of thiazole rings is 1. The van der Waals surface area contributed by atoms with E-state index in [0.717, 1.165) is 5.13 Å². The highest BCUT2D eigenvalue weighted by Crippen LogP contribution is 2.32. The number of nitrogens with one attached hydrogen (secondary N) is 1. The zero-order valence-corrected chi connectivity index (χ0v) is 12.8. The molecule has 0 radical (unpaired) electrons. The number of nitrogens with zero attached hydrogens (tertiary/aromatic N) is 1. The van der Waals surface area contributed by atoms with Crippen molar-refractivity contribution in [3.05, 3.63) is 4.88 Å². The van der Waals surface area contributed by atoms with Gasteiger partial charge in [0, 0.05) is 11.5 Å². The second-order valence-corrected chi connectivity index (χ2v) is 7.29. The van der Waals surface area contributed by atoms with Crippen LogP contribution in [-0.4, -0.2) is 16.8 Å². The largest absolute Gasteiger partial charge is 0.382 e. The van der Waals surface area contributed by atoms with E-state index in [-0.39, 0.29) is 5.78 Å². The number of Topliss-reactive ketones (excluding diaryl/α,β-unsaturated/α-hetero) is 1. The van der Waals surface area contributed by atoms with Crippen molar-refractivity contribution in [3.8, 4) is 0 Å². The predicted molar refractivity (Wildman–Crippen MR) is 80.8 cm³/mol. The van der Waals surface area contributed by atoms with Crippen LogP contribution in [0.3, 0.4) is 0 Å². The molecule has 1 heterocycles. The molecule has 1 saturated carbocycles. The number of rotatable bonds is 3. The van der Waals surface area contributed by atoms with Crippen LogP contribution in [0.1, 0.15) is 62.5 Å². The van der Waals surface area contributed by atoms with Gasteiger partial charge in [-0.2, -0.15) is 0 Å². The van der Waals surface area contributed by atoms with E-state index >= 15 is 0 Å². The Morgan fingerprint density at radius 2 is 1.95 bits per heavy atom. The summed E-state index contributed by atoms with van der Waals surface area (Å²) in [5, 5.41) is 4.21. The highest BCUT2D eigenvalue weighted by atomic mass is 32.1. The van der Waals surface area contributed by atoms with Gasteiger partial charge in [0.15, 0.2) is 10.9 Å². The maximum absolute atomic E-state index is 12.3. The van der Waals surface area contributed by atoms with E-state index in [1.807, 2.05) is 20.8 Å². The van der Waals surface area contributed by atoms with Gasteiger partial charge in [-0.1, -0.05) is 51.4 Å². The van der Waals surface area contributed by atoms with Crippen LogP contribution in [0, 0.1) is 5.41 Å². The minimum atomic E-state index is -0.414. The molecule has 0 bridgehead atoms. The van der Waals surface area contributed by atoms with Crippen LogP contribution in [0.5, 0.6) is 0 Å². The molecule has 19 heavy (non-hydrogen) atoms. The van der Waals surface area contributed by atoms with Crippen LogP contribution >= 0.6 is 11.3 Å². The molecule has 0 unspecified atom stereocenters. The molecule has 0 spiro atoms. The Bertz CT molecular complexity index is 456. The average molecular weight is 281 g/mol. The topological polar surface area (TPSA) is 68.0 Å². The van der Waals surface area contributed by atoms with Gasteiger partial charge in [-0.3, -0.25) is 4.79 Å². The molecule has 1 fully saturated rings. The lowest BCUT2D eigenvalue weighted by Gasteiger charge is -2.22. The highest BCUT2D eigenvalue weighted by molar-refractivity contribution is 7.18. The number of hydrogen-bond acceptors (Lipinski definition) is 5. The molecule has 5 heteroatoms. The van der Waals surface area contributed by atoms with Gasteiger partial charge in [-0.25, -0.2) is 4.98 Å². The molecule has 3 N–H and O–H groups in total. The molecule has 106 valence electrons. The van der Waals surface area contributed by atoms with E-state index in [0.29, 0.717) is 16.7 Å². The minimum Gasteiger partial charge on any atom is -0.382 e. The van der Waals surface area contributed by atoms with Gasteiger partial charge in [-0.15, -0.1) is 0 Å². The lowest BCUT2D eigenvalue weighted by molar-refractivity contribution is 0.0863. The Labute approximate surface area is 118 Å². The average Bonchev–Trinajstić information content (AvgIpc) is 2.69. The van der Waals surface area contributed by atoms with Crippen molar-refractivity contribution in [2.24, 2.45) is 5.41 Å². The first-order valence-electron chi connectivity index (χ1n) is 6.95. The Morgan fingerprint density at radius 3 is 2.53 bits per heavy atom. The van der Waals surface area contributed by atoms with E-state index < -0.39 is 5.41 Å². The second kappa shape index (κ2) is 5.49. The maximum Gasteiger partial charge on any atom is 0.185 e. The van der Waals surface area contributed by atoms with Gasteiger partial charge >= 0.3 is 0 Å². The summed E-state index contributed by atoms with van der Waals surface area (Å²) in [5.41, 5.74) is 5.47. The van der Waals surface area contributed by atoms with Crippen molar-refractivity contribution < 1.29 is 4.79 Å². The Hall–Kier alpha value is -1.10. The van der Waals surface area contributed by atoms with Crippen LogP contribution in [0.4, 0.5) is 10.9 Å². The van der Waals surface area contributed by atoms with Crippen LogP contribution in [0.25, 0.3) is 0 Å². The summed E-state index contributed by atoms with van der Waals surface area (Å²) in [6.45, 7) is 5.72. The first kappa shape index (κ1) is 14.3. The lowest BCUT2D eigenvalue weighted by atomic mass is 9.90. The Balaban J connectivity index is 2.10. The summed E-state index contributed by atoms with van der Waals surface area (Å²) < 4.78 is 0. The van der Waals surface area contributed by atoms with Crippen molar-refractivity contribution in [2.45, 2.75) is 58.9 Å². The fourth-order valence-electron chi connectivity index (χ4n) is 2.32. The first-order valence-corrected chi connectivity index (χ1v) is 7.77. The fourth-order valence-corrected chi connectivity index (χ4v) is 3.43. The SMILES string of the molecule is CC(C)(C)C(=O)c1sc(NC2CCCCC2)nc1N. The number of anilines is 2. The van der Waals surface area contributed by atoms with Crippen molar-refractivity contribution in [1.29, 1.82) is 0 Å². The summed E-state index contributed by atoms with van der Waals surface area (Å²) in [4.78, 5) is 17.1. The third-order valence-electron chi connectivity index (χ3n) is 3.47. The molecule has 0 amide bonds. The van der Waals surface area contributed by atoms with Crippen molar-refractivity contribution in [2.75, 3.05) is 11.1 Å². The normalized spacial score (nSPS) is 17.4. The van der Waals surface area contributed by atoms with E-state index in [2.05, 4.69) is 10.3 Å². The van der Waals surface area contributed by atoms with Crippen molar-refractivity contribution in [1.82, 2.24) is 4.98 Å². The van der Waals surface area contributed by atoms with Gasteiger partial charge in [0.2, 0.25) is 0 Å². The Morgan fingerprint density at radius 1 is 1.32 bits per heavy atom. The minimum absolute atomic E-state index is 0.0687.